The molecule has 5 heteroatoms. The summed E-state index contributed by atoms with van der Waals surface area (Å²) in [7, 11) is 0. The van der Waals surface area contributed by atoms with Crippen LogP contribution >= 0.6 is 0 Å². The number of benzene rings is 3. The largest absolute Gasteiger partial charge is 0.494 e. The lowest BCUT2D eigenvalue weighted by molar-refractivity contribution is 0.297. The van der Waals surface area contributed by atoms with Gasteiger partial charge >= 0.3 is 11.4 Å². The Hall–Kier alpha value is -3.34. The van der Waals surface area contributed by atoms with E-state index in [1.54, 1.807) is 12.1 Å². The fourth-order valence-electron chi connectivity index (χ4n) is 3.34. The van der Waals surface area contributed by atoms with Crippen LogP contribution in [0.1, 0.15) is 12.0 Å². The lowest BCUT2D eigenvalue weighted by Gasteiger charge is -2.11. The first-order valence-corrected chi connectivity index (χ1v) is 8.88. The second-order valence-corrected chi connectivity index (χ2v) is 6.49. The maximum Gasteiger partial charge on any atom is 0.422 e. The van der Waals surface area contributed by atoms with Gasteiger partial charge in [0.25, 0.3) is 0 Å². The fourth-order valence-corrected chi connectivity index (χ4v) is 3.34. The fraction of sp³-hybridized carbons (Fsp3) is 0.182. The third-order valence-electron chi connectivity index (χ3n) is 4.64. The monoisotopic (exact) mass is 361 g/mol. The molecule has 4 rings (SSSR count). The zero-order chi connectivity index (χ0) is 18.8. The van der Waals surface area contributed by atoms with Gasteiger partial charge in [-0.2, -0.15) is 0 Å². The van der Waals surface area contributed by atoms with Gasteiger partial charge in [0.05, 0.1) is 17.5 Å². The predicted octanol–water partition coefficient (Wildman–Crippen LogP) is 3.89. The first kappa shape index (κ1) is 17.1. The third kappa shape index (κ3) is 3.36. The van der Waals surface area contributed by atoms with E-state index in [2.05, 4.69) is 6.07 Å². The number of hydrogen-bond acceptors (Lipinski definition) is 4. The van der Waals surface area contributed by atoms with E-state index in [0.29, 0.717) is 30.5 Å². The lowest BCUT2D eigenvalue weighted by atomic mass is 10.1. The minimum atomic E-state index is -0.632. The molecule has 0 fully saturated rings. The standard InChI is InChI=1S/C22H19NO4/c1-15-6-4-9-19-20(15)23(22(25)27-21(19)24)12-5-13-26-18-11-10-16-7-2-3-8-17(16)14-18/h2-4,6-11,14H,5,12-13H2,1H3. The quantitative estimate of drug-likeness (QED) is 0.506. The molecule has 0 radical (unpaired) electrons. The Morgan fingerprint density at radius 2 is 1.78 bits per heavy atom. The lowest BCUT2D eigenvalue weighted by Crippen LogP contribution is -2.26. The summed E-state index contributed by atoms with van der Waals surface area (Å²) in [5, 5.41) is 2.71. The van der Waals surface area contributed by atoms with Crippen LogP contribution in [0, 0.1) is 6.92 Å². The van der Waals surface area contributed by atoms with E-state index in [0.717, 1.165) is 22.1 Å². The highest BCUT2D eigenvalue weighted by Crippen LogP contribution is 2.20. The van der Waals surface area contributed by atoms with Crippen molar-refractivity contribution < 1.29 is 9.15 Å². The van der Waals surface area contributed by atoms with E-state index in [1.165, 1.54) is 4.57 Å². The van der Waals surface area contributed by atoms with Crippen molar-refractivity contribution in [3.05, 3.63) is 87.2 Å². The molecule has 4 aromatic rings. The Balaban J connectivity index is 1.50. The van der Waals surface area contributed by atoms with E-state index >= 15 is 0 Å². The highest BCUT2D eigenvalue weighted by Gasteiger charge is 2.11. The Labute approximate surface area is 155 Å². The molecule has 1 heterocycles. The SMILES string of the molecule is Cc1cccc2c(=O)oc(=O)n(CCCOc3ccc4ccccc4c3)c12. The summed E-state index contributed by atoms with van der Waals surface area (Å²) in [6.45, 7) is 2.75. The van der Waals surface area contributed by atoms with E-state index in [1.807, 2.05) is 49.4 Å². The highest BCUT2D eigenvalue weighted by molar-refractivity contribution is 5.83. The number of ether oxygens (including phenoxy) is 1. The van der Waals surface area contributed by atoms with Gasteiger partial charge < -0.3 is 9.15 Å². The van der Waals surface area contributed by atoms with Gasteiger partial charge in [-0.1, -0.05) is 42.5 Å². The summed E-state index contributed by atoms with van der Waals surface area (Å²) in [5.74, 6) is 0.161. The minimum absolute atomic E-state index is 0.414. The Bertz CT molecular complexity index is 1240. The molecule has 0 aliphatic rings. The molecule has 0 aliphatic carbocycles. The molecule has 0 saturated heterocycles. The number of aryl methyl sites for hydroxylation is 2. The zero-order valence-corrected chi connectivity index (χ0v) is 15.0. The Kier molecular flexibility index (Phi) is 4.50. The Morgan fingerprint density at radius 1 is 0.963 bits per heavy atom. The van der Waals surface area contributed by atoms with Crippen molar-refractivity contribution in [3.63, 3.8) is 0 Å². The van der Waals surface area contributed by atoms with Crippen LogP contribution in [0.2, 0.25) is 0 Å². The number of para-hydroxylation sites is 1. The van der Waals surface area contributed by atoms with Crippen molar-refractivity contribution in [2.45, 2.75) is 19.9 Å². The first-order chi connectivity index (χ1) is 13.1. The molecule has 0 amide bonds. The van der Waals surface area contributed by atoms with Crippen LogP contribution in [0.3, 0.4) is 0 Å². The number of hydrogen-bond donors (Lipinski definition) is 0. The zero-order valence-electron chi connectivity index (χ0n) is 15.0. The smallest absolute Gasteiger partial charge is 0.422 e. The van der Waals surface area contributed by atoms with Crippen LogP contribution in [0.5, 0.6) is 5.75 Å². The Morgan fingerprint density at radius 3 is 2.63 bits per heavy atom. The topological polar surface area (TPSA) is 61.4 Å². The van der Waals surface area contributed by atoms with Crippen LogP contribution in [-0.2, 0) is 6.54 Å². The second kappa shape index (κ2) is 7.11. The van der Waals surface area contributed by atoms with Crippen molar-refractivity contribution in [1.29, 1.82) is 0 Å². The molecule has 0 N–H and O–H groups in total. The van der Waals surface area contributed by atoms with Gasteiger partial charge in [-0.05, 0) is 47.9 Å². The molecule has 0 unspecified atom stereocenters. The van der Waals surface area contributed by atoms with Gasteiger partial charge in [0.2, 0.25) is 0 Å². The average molecular weight is 361 g/mol. The summed E-state index contributed by atoms with van der Waals surface area (Å²) in [6, 6.07) is 19.4. The molecule has 0 aliphatic heterocycles. The van der Waals surface area contributed by atoms with Crippen molar-refractivity contribution in [3.8, 4) is 5.75 Å². The number of nitrogens with zero attached hydrogens (tertiary/aromatic N) is 1. The highest BCUT2D eigenvalue weighted by atomic mass is 16.5. The predicted molar refractivity (Wildman–Crippen MR) is 106 cm³/mol. The summed E-state index contributed by atoms with van der Waals surface area (Å²) in [5.41, 5.74) is 0.903. The number of aromatic nitrogens is 1. The molecule has 0 bridgehead atoms. The third-order valence-corrected chi connectivity index (χ3v) is 4.64. The molecule has 3 aromatic carbocycles. The van der Waals surface area contributed by atoms with Crippen LogP contribution in [-0.4, -0.2) is 11.2 Å². The van der Waals surface area contributed by atoms with Gasteiger partial charge in [-0.25, -0.2) is 9.59 Å². The van der Waals surface area contributed by atoms with Gasteiger partial charge in [-0.3, -0.25) is 4.57 Å². The van der Waals surface area contributed by atoms with Gasteiger partial charge in [0.15, 0.2) is 0 Å². The maximum absolute atomic E-state index is 12.2. The summed E-state index contributed by atoms with van der Waals surface area (Å²) in [4.78, 5) is 24.1. The van der Waals surface area contributed by atoms with Crippen molar-refractivity contribution >= 4 is 21.7 Å². The van der Waals surface area contributed by atoms with Gasteiger partial charge in [0.1, 0.15) is 5.75 Å². The molecule has 5 nitrogen and oxygen atoms in total. The normalized spacial score (nSPS) is 11.1. The van der Waals surface area contributed by atoms with Crippen LogP contribution in [0.25, 0.3) is 21.7 Å². The molecule has 27 heavy (non-hydrogen) atoms. The summed E-state index contributed by atoms with van der Waals surface area (Å²) in [6.07, 6.45) is 0.615. The molecule has 1 aromatic heterocycles. The average Bonchev–Trinajstić information content (AvgIpc) is 2.67. The van der Waals surface area contributed by atoms with Crippen molar-refractivity contribution in [1.82, 2.24) is 4.57 Å². The van der Waals surface area contributed by atoms with E-state index in [9.17, 15) is 9.59 Å². The van der Waals surface area contributed by atoms with Crippen LogP contribution in [0.15, 0.2) is 74.7 Å². The first-order valence-electron chi connectivity index (χ1n) is 8.88. The van der Waals surface area contributed by atoms with Crippen LogP contribution < -0.4 is 16.1 Å². The van der Waals surface area contributed by atoms with Gasteiger partial charge in [0, 0.05) is 6.54 Å². The molecule has 0 spiro atoms. The van der Waals surface area contributed by atoms with E-state index < -0.39 is 11.4 Å². The van der Waals surface area contributed by atoms with E-state index in [-0.39, 0.29) is 0 Å². The summed E-state index contributed by atoms with van der Waals surface area (Å²) < 4.78 is 12.2. The molecule has 0 atom stereocenters. The molecule has 136 valence electrons. The van der Waals surface area contributed by atoms with Crippen LogP contribution in [0.4, 0.5) is 0 Å². The second-order valence-electron chi connectivity index (χ2n) is 6.49. The van der Waals surface area contributed by atoms with Crippen molar-refractivity contribution in [2.75, 3.05) is 6.61 Å². The summed E-state index contributed by atoms with van der Waals surface area (Å²) >= 11 is 0. The van der Waals surface area contributed by atoms with E-state index in [4.69, 9.17) is 9.15 Å². The number of rotatable bonds is 5. The van der Waals surface area contributed by atoms with Gasteiger partial charge in [-0.15, -0.1) is 0 Å². The minimum Gasteiger partial charge on any atom is -0.494 e. The molecular formula is C22H19NO4. The maximum atomic E-state index is 12.2. The van der Waals surface area contributed by atoms with Crippen molar-refractivity contribution in [2.24, 2.45) is 0 Å². The molecular weight excluding hydrogens is 342 g/mol. The number of fused-ring (bicyclic) bond motifs is 2. The molecule has 0 saturated carbocycles.